The van der Waals surface area contributed by atoms with E-state index in [4.69, 9.17) is 0 Å². The maximum Gasteiger partial charge on any atom is 0.150 e. The lowest BCUT2D eigenvalue weighted by atomic mass is 10.0. The first-order chi connectivity index (χ1) is 13.3. The molecule has 0 fully saturated rings. The summed E-state index contributed by atoms with van der Waals surface area (Å²) >= 11 is 0. The van der Waals surface area contributed by atoms with Crippen LogP contribution in [0, 0.1) is 0 Å². The molecule has 0 bridgehead atoms. The van der Waals surface area contributed by atoms with Crippen LogP contribution in [0.4, 0.5) is 17.1 Å². The Morgan fingerprint density at radius 3 is 1.33 bits per heavy atom. The molecular formula is C25H19NO. The van der Waals surface area contributed by atoms with Crippen molar-refractivity contribution in [3.05, 3.63) is 115 Å². The number of carbonyl (C=O) groups is 1. The molecular weight excluding hydrogens is 330 g/mol. The van der Waals surface area contributed by atoms with Gasteiger partial charge >= 0.3 is 0 Å². The maximum atomic E-state index is 10.8. The summed E-state index contributed by atoms with van der Waals surface area (Å²) in [5, 5.41) is 0. The van der Waals surface area contributed by atoms with Crippen LogP contribution in [0.1, 0.15) is 10.4 Å². The van der Waals surface area contributed by atoms with Gasteiger partial charge in [-0.05, 0) is 47.5 Å². The predicted octanol–water partition coefficient (Wildman–Crippen LogP) is 6.64. The Bertz CT molecular complexity index is 968. The summed E-state index contributed by atoms with van der Waals surface area (Å²) in [7, 11) is 0. The number of hydrogen-bond acceptors (Lipinski definition) is 2. The maximum absolute atomic E-state index is 10.8. The van der Waals surface area contributed by atoms with E-state index in [1.54, 1.807) is 0 Å². The molecule has 0 heterocycles. The SMILES string of the molecule is O=Cc1ccc(-c2ccc(N(c3ccccc3)c3ccccc3)cc2)cc1. The van der Waals surface area contributed by atoms with Gasteiger partial charge in [-0.25, -0.2) is 0 Å². The molecule has 2 nitrogen and oxygen atoms in total. The minimum atomic E-state index is 0.690. The minimum absolute atomic E-state index is 0.690. The zero-order chi connectivity index (χ0) is 18.5. The molecule has 2 heteroatoms. The first kappa shape index (κ1) is 16.8. The quantitative estimate of drug-likeness (QED) is 0.377. The number of nitrogens with zero attached hydrogens (tertiary/aromatic N) is 1. The highest BCUT2D eigenvalue weighted by Gasteiger charge is 2.11. The molecule has 0 aliphatic heterocycles. The average molecular weight is 349 g/mol. The number of carbonyl (C=O) groups excluding carboxylic acids is 1. The molecule has 4 rings (SSSR count). The van der Waals surface area contributed by atoms with Crippen LogP contribution >= 0.6 is 0 Å². The van der Waals surface area contributed by atoms with Crippen molar-refractivity contribution in [1.29, 1.82) is 0 Å². The molecule has 0 amide bonds. The van der Waals surface area contributed by atoms with Crippen molar-refractivity contribution in [2.45, 2.75) is 0 Å². The van der Waals surface area contributed by atoms with Crippen molar-refractivity contribution in [3.63, 3.8) is 0 Å². The molecule has 0 unspecified atom stereocenters. The molecule has 0 aliphatic rings. The first-order valence-electron chi connectivity index (χ1n) is 8.91. The third-order valence-electron chi connectivity index (χ3n) is 4.53. The van der Waals surface area contributed by atoms with Crippen molar-refractivity contribution in [3.8, 4) is 11.1 Å². The summed E-state index contributed by atoms with van der Waals surface area (Å²) < 4.78 is 0. The molecule has 0 aromatic heterocycles. The van der Waals surface area contributed by atoms with E-state index in [1.807, 2.05) is 60.7 Å². The van der Waals surface area contributed by atoms with E-state index in [0.717, 1.165) is 34.5 Å². The van der Waals surface area contributed by atoms with Gasteiger partial charge in [0.2, 0.25) is 0 Å². The Labute approximate surface area is 159 Å². The molecule has 0 aliphatic carbocycles. The summed E-state index contributed by atoms with van der Waals surface area (Å²) in [6.07, 6.45) is 0.866. The van der Waals surface area contributed by atoms with Crippen LogP contribution in [0.15, 0.2) is 109 Å². The number of rotatable bonds is 5. The van der Waals surface area contributed by atoms with Gasteiger partial charge in [-0.15, -0.1) is 0 Å². The standard InChI is InChI=1S/C25H19NO/c27-19-20-11-13-21(14-12-20)22-15-17-25(18-16-22)26(23-7-3-1-4-8-23)24-9-5-2-6-10-24/h1-19H. The van der Waals surface area contributed by atoms with Gasteiger partial charge in [0.05, 0.1) is 0 Å². The van der Waals surface area contributed by atoms with Crippen LogP contribution in [0.2, 0.25) is 0 Å². The number of para-hydroxylation sites is 2. The van der Waals surface area contributed by atoms with Crippen molar-refractivity contribution >= 4 is 23.3 Å². The molecule has 4 aromatic carbocycles. The van der Waals surface area contributed by atoms with E-state index in [0.29, 0.717) is 5.56 Å². The van der Waals surface area contributed by atoms with Crippen LogP contribution in [0.3, 0.4) is 0 Å². The van der Waals surface area contributed by atoms with Gasteiger partial charge < -0.3 is 4.90 Å². The highest BCUT2D eigenvalue weighted by Crippen LogP contribution is 2.35. The van der Waals surface area contributed by atoms with Crippen molar-refractivity contribution in [2.75, 3.05) is 4.90 Å². The second-order valence-corrected chi connectivity index (χ2v) is 6.29. The fourth-order valence-corrected chi connectivity index (χ4v) is 3.16. The van der Waals surface area contributed by atoms with Crippen LogP contribution in [0.25, 0.3) is 11.1 Å². The van der Waals surface area contributed by atoms with E-state index in [-0.39, 0.29) is 0 Å². The Balaban J connectivity index is 1.71. The van der Waals surface area contributed by atoms with E-state index in [1.165, 1.54) is 0 Å². The topological polar surface area (TPSA) is 20.3 Å². The fourth-order valence-electron chi connectivity index (χ4n) is 3.16. The van der Waals surface area contributed by atoms with Crippen molar-refractivity contribution in [1.82, 2.24) is 0 Å². The van der Waals surface area contributed by atoms with Gasteiger partial charge in [0.1, 0.15) is 6.29 Å². The zero-order valence-corrected chi connectivity index (χ0v) is 14.8. The summed E-state index contributed by atoms with van der Waals surface area (Å²) in [6, 6.07) is 36.8. The van der Waals surface area contributed by atoms with Crippen LogP contribution in [0.5, 0.6) is 0 Å². The first-order valence-corrected chi connectivity index (χ1v) is 8.91. The molecule has 0 N–H and O–H groups in total. The molecule has 27 heavy (non-hydrogen) atoms. The molecule has 4 aromatic rings. The fraction of sp³-hybridized carbons (Fsp3) is 0. The van der Waals surface area contributed by atoms with Crippen LogP contribution in [-0.2, 0) is 0 Å². The van der Waals surface area contributed by atoms with E-state index < -0.39 is 0 Å². The highest BCUT2D eigenvalue weighted by atomic mass is 16.1. The van der Waals surface area contributed by atoms with Crippen molar-refractivity contribution in [2.24, 2.45) is 0 Å². The zero-order valence-electron chi connectivity index (χ0n) is 14.8. The van der Waals surface area contributed by atoms with Gasteiger partial charge in [0.15, 0.2) is 0 Å². The van der Waals surface area contributed by atoms with Gasteiger partial charge in [0.25, 0.3) is 0 Å². The lowest BCUT2D eigenvalue weighted by molar-refractivity contribution is 0.112. The molecule has 0 spiro atoms. The summed E-state index contributed by atoms with van der Waals surface area (Å²) in [4.78, 5) is 13.1. The number of benzene rings is 4. The predicted molar refractivity (Wildman–Crippen MR) is 112 cm³/mol. The van der Waals surface area contributed by atoms with Gasteiger partial charge in [-0.3, -0.25) is 4.79 Å². The average Bonchev–Trinajstić information content (AvgIpc) is 2.76. The Morgan fingerprint density at radius 2 is 0.889 bits per heavy atom. The molecule has 0 atom stereocenters. The van der Waals surface area contributed by atoms with Crippen LogP contribution in [-0.4, -0.2) is 6.29 Å². The monoisotopic (exact) mass is 349 g/mol. The summed E-state index contributed by atoms with van der Waals surface area (Å²) in [5.41, 5.74) is 6.24. The number of anilines is 3. The molecule has 0 saturated heterocycles. The second kappa shape index (κ2) is 7.71. The summed E-state index contributed by atoms with van der Waals surface area (Å²) in [6.45, 7) is 0. The number of hydrogen-bond donors (Lipinski definition) is 0. The van der Waals surface area contributed by atoms with E-state index in [9.17, 15) is 4.79 Å². The Hall–Kier alpha value is -3.65. The Morgan fingerprint density at radius 1 is 0.481 bits per heavy atom. The van der Waals surface area contributed by atoms with Gasteiger partial charge in [0, 0.05) is 22.6 Å². The largest absolute Gasteiger partial charge is 0.311 e. The van der Waals surface area contributed by atoms with Gasteiger partial charge in [-0.2, -0.15) is 0 Å². The lowest BCUT2D eigenvalue weighted by Crippen LogP contribution is -2.09. The summed E-state index contributed by atoms with van der Waals surface area (Å²) in [5.74, 6) is 0. The molecule has 0 saturated carbocycles. The van der Waals surface area contributed by atoms with Gasteiger partial charge in [-0.1, -0.05) is 72.8 Å². The van der Waals surface area contributed by atoms with E-state index in [2.05, 4.69) is 53.4 Å². The van der Waals surface area contributed by atoms with Crippen molar-refractivity contribution < 1.29 is 4.79 Å². The van der Waals surface area contributed by atoms with Crippen LogP contribution < -0.4 is 4.90 Å². The van der Waals surface area contributed by atoms with E-state index >= 15 is 0 Å². The minimum Gasteiger partial charge on any atom is -0.311 e. The molecule has 130 valence electrons. The Kier molecular flexibility index (Phi) is 4.80. The molecule has 0 radical (unpaired) electrons. The number of aldehydes is 1. The third kappa shape index (κ3) is 3.65. The highest BCUT2D eigenvalue weighted by molar-refractivity contribution is 5.79. The smallest absolute Gasteiger partial charge is 0.150 e. The second-order valence-electron chi connectivity index (χ2n) is 6.29. The third-order valence-corrected chi connectivity index (χ3v) is 4.53. The normalized spacial score (nSPS) is 10.4. The lowest BCUT2D eigenvalue weighted by Gasteiger charge is -2.25.